The number of nitrogens with zero attached hydrogens (tertiary/aromatic N) is 1. The first-order chi connectivity index (χ1) is 7.24. The molecule has 0 bridgehead atoms. The maximum absolute atomic E-state index is 11.2. The van der Waals surface area contributed by atoms with Gasteiger partial charge in [0.1, 0.15) is 6.10 Å². The van der Waals surface area contributed by atoms with Crippen molar-refractivity contribution < 1.29 is 9.90 Å². The smallest absolute Gasteiger partial charge is 0.250 e. The van der Waals surface area contributed by atoms with Crippen LogP contribution in [0.5, 0.6) is 0 Å². The second-order valence-electron chi connectivity index (χ2n) is 3.08. The molecule has 0 aliphatic rings. The highest BCUT2D eigenvalue weighted by Gasteiger charge is 2.13. The van der Waals surface area contributed by atoms with Gasteiger partial charge in [0.2, 0.25) is 5.91 Å². The van der Waals surface area contributed by atoms with E-state index in [0.29, 0.717) is 6.54 Å². The second kappa shape index (κ2) is 5.78. The molecule has 2 N–H and O–H groups in total. The molecule has 0 aliphatic heterocycles. The van der Waals surface area contributed by atoms with Crippen LogP contribution in [0.25, 0.3) is 0 Å². The van der Waals surface area contributed by atoms with Gasteiger partial charge in [-0.15, -0.1) is 0 Å². The van der Waals surface area contributed by atoms with E-state index in [1.165, 1.54) is 0 Å². The first-order valence-corrected chi connectivity index (χ1v) is 4.60. The maximum Gasteiger partial charge on any atom is 0.250 e. The third-order valence-electron chi connectivity index (χ3n) is 1.90. The lowest BCUT2D eigenvalue weighted by Gasteiger charge is -2.07. The van der Waals surface area contributed by atoms with Crippen LogP contribution in [0, 0.1) is 11.3 Å². The molecule has 0 saturated carbocycles. The number of aliphatic hydroxyl groups excluding tert-OH is 1. The number of amides is 1. The number of carbonyl (C=O) groups is 1. The minimum Gasteiger partial charge on any atom is -0.382 e. The zero-order valence-electron chi connectivity index (χ0n) is 8.18. The number of benzene rings is 1. The van der Waals surface area contributed by atoms with Gasteiger partial charge in [0.15, 0.2) is 0 Å². The van der Waals surface area contributed by atoms with Gasteiger partial charge in [-0.2, -0.15) is 5.26 Å². The molecule has 0 fully saturated rings. The molecule has 4 nitrogen and oxygen atoms in total. The summed E-state index contributed by atoms with van der Waals surface area (Å²) >= 11 is 0. The summed E-state index contributed by atoms with van der Waals surface area (Å²) in [5.74, 6) is -0.514. The molecular weight excluding hydrogens is 192 g/mol. The van der Waals surface area contributed by atoms with E-state index in [2.05, 4.69) is 5.32 Å². The third kappa shape index (κ3) is 3.79. The van der Waals surface area contributed by atoms with Crippen molar-refractivity contribution in [3.8, 4) is 6.07 Å². The average Bonchev–Trinajstić information content (AvgIpc) is 2.27. The van der Waals surface area contributed by atoms with Gasteiger partial charge in [-0.25, -0.2) is 0 Å². The molecule has 0 spiro atoms. The second-order valence-corrected chi connectivity index (χ2v) is 3.08. The van der Waals surface area contributed by atoms with E-state index in [4.69, 9.17) is 10.4 Å². The highest BCUT2D eigenvalue weighted by atomic mass is 16.3. The van der Waals surface area contributed by atoms with Gasteiger partial charge in [0.05, 0.1) is 12.5 Å². The summed E-state index contributed by atoms with van der Waals surface area (Å²) in [6.45, 7) is 0.363. The van der Waals surface area contributed by atoms with Gasteiger partial charge < -0.3 is 10.4 Å². The fraction of sp³-hybridized carbons (Fsp3) is 0.273. The van der Waals surface area contributed by atoms with Crippen molar-refractivity contribution in [2.24, 2.45) is 0 Å². The number of rotatable bonds is 4. The molecule has 0 heterocycles. The number of hydrogen-bond donors (Lipinski definition) is 2. The van der Waals surface area contributed by atoms with Gasteiger partial charge in [0, 0.05) is 6.54 Å². The van der Waals surface area contributed by atoms with Gasteiger partial charge in [0.25, 0.3) is 0 Å². The minimum absolute atomic E-state index is 0.180. The Labute approximate surface area is 88.2 Å². The van der Waals surface area contributed by atoms with Crippen LogP contribution in [0.15, 0.2) is 30.3 Å². The van der Waals surface area contributed by atoms with E-state index in [9.17, 15) is 4.79 Å². The number of hydrogen-bond acceptors (Lipinski definition) is 3. The number of nitriles is 1. The molecule has 15 heavy (non-hydrogen) atoms. The van der Waals surface area contributed by atoms with Crippen molar-refractivity contribution in [3.05, 3.63) is 35.9 Å². The SMILES string of the molecule is N#CC[C@H](O)C(=O)NCc1ccccc1. The van der Waals surface area contributed by atoms with Crippen molar-refractivity contribution in [3.63, 3.8) is 0 Å². The van der Waals surface area contributed by atoms with Crippen molar-refractivity contribution in [1.82, 2.24) is 5.32 Å². The van der Waals surface area contributed by atoms with Crippen LogP contribution in [-0.2, 0) is 11.3 Å². The molecule has 0 aliphatic carbocycles. The molecule has 0 saturated heterocycles. The van der Waals surface area contributed by atoms with Crippen LogP contribution in [0.2, 0.25) is 0 Å². The average molecular weight is 204 g/mol. The van der Waals surface area contributed by atoms with Gasteiger partial charge in [-0.1, -0.05) is 30.3 Å². The van der Waals surface area contributed by atoms with Gasteiger partial charge in [-0.3, -0.25) is 4.79 Å². The molecule has 1 atom stereocenters. The lowest BCUT2D eigenvalue weighted by atomic mass is 10.2. The monoisotopic (exact) mass is 204 g/mol. The van der Waals surface area contributed by atoms with Crippen molar-refractivity contribution in [2.45, 2.75) is 19.1 Å². The molecule has 1 amide bonds. The van der Waals surface area contributed by atoms with E-state index in [-0.39, 0.29) is 6.42 Å². The molecule has 78 valence electrons. The molecule has 0 unspecified atom stereocenters. The Kier molecular flexibility index (Phi) is 4.32. The summed E-state index contributed by atoms with van der Waals surface area (Å²) in [5.41, 5.74) is 0.954. The van der Waals surface area contributed by atoms with Crippen molar-refractivity contribution in [1.29, 1.82) is 5.26 Å². The minimum atomic E-state index is -1.24. The largest absolute Gasteiger partial charge is 0.382 e. The Morgan fingerprint density at radius 3 is 2.73 bits per heavy atom. The van der Waals surface area contributed by atoms with Crippen LogP contribution in [0.1, 0.15) is 12.0 Å². The molecule has 0 aromatic heterocycles. The maximum atomic E-state index is 11.2. The topological polar surface area (TPSA) is 73.1 Å². The van der Waals surface area contributed by atoms with E-state index in [1.54, 1.807) is 6.07 Å². The lowest BCUT2D eigenvalue weighted by molar-refractivity contribution is -0.129. The zero-order chi connectivity index (χ0) is 11.1. The molecular formula is C11H12N2O2. The Bertz CT molecular complexity index is 357. The Morgan fingerprint density at radius 2 is 2.13 bits per heavy atom. The van der Waals surface area contributed by atoms with Crippen LogP contribution >= 0.6 is 0 Å². The van der Waals surface area contributed by atoms with Crippen LogP contribution in [-0.4, -0.2) is 17.1 Å². The van der Waals surface area contributed by atoms with E-state index < -0.39 is 12.0 Å². The molecule has 4 heteroatoms. The first kappa shape index (κ1) is 11.2. The zero-order valence-corrected chi connectivity index (χ0v) is 8.18. The summed E-state index contributed by atoms with van der Waals surface area (Å²) in [5, 5.41) is 20.0. The highest BCUT2D eigenvalue weighted by molar-refractivity contribution is 5.80. The number of carbonyl (C=O) groups excluding carboxylic acids is 1. The third-order valence-corrected chi connectivity index (χ3v) is 1.90. The Hall–Kier alpha value is -1.86. The molecule has 1 aromatic carbocycles. The summed E-state index contributed by atoms with van der Waals surface area (Å²) in [7, 11) is 0. The van der Waals surface area contributed by atoms with Gasteiger partial charge in [-0.05, 0) is 5.56 Å². The van der Waals surface area contributed by atoms with Crippen molar-refractivity contribution in [2.75, 3.05) is 0 Å². The van der Waals surface area contributed by atoms with E-state index >= 15 is 0 Å². The molecule has 1 rings (SSSR count). The van der Waals surface area contributed by atoms with Crippen LogP contribution in [0.3, 0.4) is 0 Å². The fourth-order valence-electron chi connectivity index (χ4n) is 1.08. The highest BCUT2D eigenvalue weighted by Crippen LogP contribution is 1.98. The fourth-order valence-corrected chi connectivity index (χ4v) is 1.08. The first-order valence-electron chi connectivity index (χ1n) is 4.60. The van der Waals surface area contributed by atoms with Crippen LogP contribution in [0.4, 0.5) is 0 Å². The standard InChI is InChI=1S/C11H12N2O2/c12-7-6-10(14)11(15)13-8-9-4-2-1-3-5-9/h1-5,10,14H,6,8H2,(H,13,15)/t10-/m0/s1. The number of nitrogens with one attached hydrogen (secondary N) is 1. The Balaban J connectivity index is 2.38. The van der Waals surface area contributed by atoms with E-state index in [0.717, 1.165) is 5.56 Å². The van der Waals surface area contributed by atoms with Gasteiger partial charge >= 0.3 is 0 Å². The Morgan fingerprint density at radius 1 is 1.47 bits per heavy atom. The summed E-state index contributed by atoms with van der Waals surface area (Å²) < 4.78 is 0. The van der Waals surface area contributed by atoms with E-state index in [1.807, 2.05) is 30.3 Å². The lowest BCUT2D eigenvalue weighted by Crippen LogP contribution is -2.33. The summed E-state index contributed by atoms with van der Waals surface area (Å²) in [4.78, 5) is 11.2. The quantitative estimate of drug-likeness (QED) is 0.753. The predicted molar refractivity (Wildman–Crippen MR) is 54.5 cm³/mol. The van der Waals surface area contributed by atoms with Crippen molar-refractivity contribution >= 4 is 5.91 Å². The molecule has 1 aromatic rings. The number of aliphatic hydroxyl groups is 1. The normalized spacial score (nSPS) is 11.5. The summed E-state index contributed by atoms with van der Waals surface area (Å²) in [6.07, 6.45) is -1.42. The molecule has 0 radical (unpaired) electrons. The summed E-state index contributed by atoms with van der Waals surface area (Å²) in [6, 6.07) is 11.1. The van der Waals surface area contributed by atoms with Crippen LogP contribution < -0.4 is 5.32 Å². The predicted octanol–water partition coefficient (Wildman–Crippen LogP) is 0.577.